The van der Waals surface area contributed by atoms with Crippen molar-refractivity contribution >= 4 is 23.0 Å². The first-order valence-corrected chi connectivity index (χ1v) is 8.91. The van der Waals surface area contributed by atoms with Gasteiger partial charge in [-0.05, 0) is 30.5 Å². The van der Waals surface area contributed by atoms with Crippen molar-refractivity contribution in [3.63, 3.8) is 0 Å². The Morgan fingerprint density at radius 2 is 2.00 bits per heavy atom. The van der Waals surface area contributed by atoms with Gasteiger partial charge in [-0.15, -0.1) is 0 Å². The van der Waals surface area contributed by atoms with Gasteiger partial charge in [0.1, 0.15) is 0 Å². The molecule has 0 bridgehead atoms. The largest absolute Gasteiger partial charge is 0.355 e. The molecule has 2 aromatic rings. The van der Waals surface area contributed by atoms with E-state index < -0.39 is 0 Å². The average molecular weight is 323 g/mol. The molecule has 2 N–H and O–H groups in total. The van der Waals surface area contributed by atoms with E-state index in [1.165, 1.54) is 23.8 Å². The molecule has 2 aliphatic rings. The number of aromatic nitrogens is 1. The quantitative estimate of drug-likeness (QED) is 0.803. The Morgan fingerprint density at radius 1 is 1.25 bits per heavy atom. The monoisotopic (exact) mass is 323 g/mol. The number of nitrogens with zero attached hydrogens (tertiary/aromatic N) is 1. The summed E-state index contributed by atoms with van der Waals surface area (Å²) in [6.45, 7) is 5.11. The third-order valence-electron chi connectivity index (χ3n) is 5.34. The molecule has 1 aliphatic heterocycles. The molecule has 0 atom stereocenters. The molecule has 126 valence electrons. The molecule has 0 saturated heterocycles. The molecule has 2 amide bonds. The van der Waals surface area contributed by atoms with Crippen LogP contribution in [0.3, 0.4) is 0 Å². The summed E-state index contributed by atoms with van der Waals surface area (Å²) in [4.78, 5) is 18.0. The highest BCUT2D eigenvalue weighted by Crippen LogP contribution is 2.37. The minimum atomic E-state index is -0.120. The summed E-state index contributed by atoms with van der Waals surface area (Å²) in [6.07, 6.45) is 8.63. The molecular formula is C20H25N3O. The number of amides is 2. The van der Waals surface area contributed by atoms with Crippen LogP contribution in [-0.4, -0.2) is 28.5 Å². The van der Waals surface area contributed by atoms with Crippen LogP contribution in [0.4, 0.5) is 4.79 Å². The lowest BCUT2D eigenvalue weighted by molar-refractivity contribution is 0.203. The molecule has 1 aromatic heterocycles. The number of rotatable bonds is 1. The number of carbonyl (C=O) groups excluding carboxylic acids is 1. The fourth-order valence-corrected chi connectivity index (χ4v) is 4.21. The van der Waals surface area contributed by atoms with Crippen LogP contribution in [0.2, 0.25) is 0 Å². The third kappa shape index (κ3) is 2.60. The smallest absolute Gasteiger partial charge is 0.321 e. The number of urea groups is 1. The van der Waals surface area contributed by atoms with Crippen molar-refractivity contribution < 1.29 is 4.79 Å². The van der Waals surface area contributed by atoms with Gasteiger partial charge in [-0.25, -0.2) is 4.79 Å². The van der Waals surface area contributed by atoms with Crippen molar-refractivity contribution in [3.8, 4) is 0 Å². The second-order valence-electron chi connectivity index (χ2n) is 7.72. The van der Waals surface area contributed by atoms with E-state index >= 15 is 0 Å². The second-order valence-corrected chi connectivity index (χ2v) is 7.72. The van der Waals surface area contributed by atoms with Crippen molar-refractivity contribution in [2.24, 2.45) is 0 Å². The number of hydrogen-bond acceptors (Lipinski definition) is 1. The first-order valence-electron chi connectivity index (χ1n) is 8.91. The molecule has 0 unspecified atom stereocenters. The standard InChI is InChI=1S/C20H25N3O/c1-20(2)13-23(19(24)21-14-7-3-4-8-14)12-11-17-18(20)15-9-5-6-10-16(15)22-17/h5-6,9-12,14,22H,3-4,7-8,13H2,1-2H3,(H,21,24). The highest BCUT2D eigenvalue weighted by molar-refractivity contribution is 5.89. The first kappa shape index (κ1) is 15.3. The second kappa shape index (κ2) is 5.69. The molecule has 24 heavy (non-hydrogen) atoms. The van der Waals surface area contributed by atoms with E-state index in [0.29, 0.717) is 12.6 Å². The van der Waals surface area contributed by atoms with Gasteiger partial charge in [-0.3, -0.25) is 0 Å². The van der Waals surface area contributed by atoms with Crippen molar-refractivity contribution in [2.45, 2.75) is 51.0 Å². The molecule has 1 saturated carbocycles. The van der Waals surface area contributed by atoms with Crippen molar-refractivity contribution in [1.29, 1.82) is 0 Å². The topological polar surface area (TPSA) is 48.1 Å². The van der Waals surface area contributed by atoms with Gasteiger partial charge in [0.25, 0.3) is 0 Å². The highest BCUT2D eigenvalue weighted by Gasteiger charge is 2.33. The van der Waals surface area contributed by atoms with Crippen LogP contribution in [0.15, 0.2) is 30.5 Å². The highest BCUT2D eigenvalue weighted by atomic mass is 16.2. The Bertz CT molecular complexity index is 796. The molecule has 0 spiro atoms. The summed E-state index contributed by atoms with van der Waals surface area (Å²) >= 11 is 0. The zero-order valence-corrected chi connectivity index (χ0v) is 14.4. The van der Waals surface area contributed by atoms with Crippen LogP contribution < -0.4 is 5.32 Å². The Labute approximate surface area is 142 Å². The van der Waals surface area contributed by atoms with Gasteiger partial charge in [0, 0.05) is 40.8 Å². The molecule has 4 rings (SSSR count). The summed E-state index contributed by atoms with van der Waals surface area (Å²) in [5.41, 5.74) is 3.44. The predicted molar refractivity (Wildman–Crippen MR) is 97.9 cm³/mol. The average Bonchev–Trinajstić information content (AvgIpc) is 3.15. The van der Waals surface area contributed by atoms with E-state index in [1.807, 2.05) is 17.2 Å². The van der Waals surface area contributed by atoms with E-state index in [9.17, 15) is 4.79 Å². The third-order valence-corrected chi connectivity index (χ3v) is 5.34. The maximum atomic E-state index is 12.7. The fourth-order valence-electron chi connectivity index (χ4n) is 4.21. The summed E-state index contributed by atoms with van der Waals surface area (Å²) in [7, 11) is 0. The van der Waals surface area contributed by atoms with Crippen LogP contribution >= 0.6 is 0 Å². The lowest BCUT2D eigenvalue weighted by atomic mass is 9.82. The van der Waals surface area contributed by atoms with Crippen LogP contribution in [-0.2, 0) is 5.41 Å². The predicted octanol–water partition coefficient (Wildman–Crippen LogP) is 4.38. The minimum absolute atomic E-state index is 0.0284. The van der Waals surface area contributed by atoms with Gasteiger partial charge in [0.05, 0.1) is 0 Å². The van der Waals surface area contributed by atoms with Crippen LogP contribution in [0.1, 0.15) is 50.8 Å². The Kier molecular flexibility index (Phi) is 3.63. The summed E-state index contributed by atoms with van der Waals surface area (Å²) in [5.74, 6) is 0. The summed E-state index contributed by atoms with van der Waals surface area (Å²) < 4.78 is 0. The maximum absolute atomic E-state index is 12.7. The number of carbonyl (C=O) groups is 1. The van der Waals surface area contributed by atoms with E-state index in [4.69, 9.17) is 0 Å². The Morgan fingerprint density at radius 3 is 2.79 bits per heavy atom. The molecule has 1 fully saturated rings. The van der Waals surface area contributed by atoms with E-state index in [1.54, 1.807) is 0 Å². The lowest BCUT2D eigenvalue weighted by Gasteiger charge is -2.30. The molecule has 2 heterocycles. The number of hydrogen-bond donors (Lipinski definition) is 2. The molecule has 4 nitrogen and oxygen atoms in total. The van der Waals surface area contributed by atoms with Gasteiger partial charge >= 0.3 is 6.03 Å². The fraction of sp³-hybridized carbons (Fsp3) is 0.450. The Hall–Kier alpha value is -2.23. The van der Waals surface area contributed by atoms with Crippen molar-refractivity contribution in [1.82, 2.24) is 15.2 Å². The van der Waals surface area contributed by atoms with Crippen LogP contribution in [0, 0.1) is 0 Å². The molecule has 1 aliphatic carbocycles. The van der Waals surface area contributed by atoms with Crippen LogP contribution in [0.5, 0.6) is 0 Å². The maximum Gasteiger partial charge on any atom is 0.321 e. The summed E-state index contributed by atoms with van der Waals surface area (Å²) in [5, 5.41) is 4.45. The van der Waals surface area contributed by atoms with Crippen LogP contribution in [0.25, 0.3) is 17.0 Å². The molecular weight excluding hydrogens is 298 g/mol. The zero-order chi connectivity index (χ0) is 16.7. The summed E-state index contributed by atoms with van der Waals surface area (Å²) in [6, 6.07) is 8.77. The number of aromatic amines is 1. The molecule has 4 heteroatoms. The number of para-hydroxylation sites is 1. The Balaban J connectivity index is 1.64. The zero-order valence-electron chi connectivity index (χ0n) is 14.4. The van der Waals surface area contributed by atoms with Gasteiger partial charge in [0.15, 0.2) is 0 Å². The van der Waals surface area contributed by atoms with Gasteiger partial charge in [0.2, 0.25) is 0 Å². The number of fused-ring (bicyclic) bond motifs is 3. The molecule has 1 aromatic carbocycles. The molecule has 0 radical (unpaired) electrons. The number of H-pyrrole nitrogens is 1. The van der Waals surface area contributed by atoms with Gasteiger partial charge < -0.3 is 15.2 Å². The SMILES string of the molecule is CC1(C)CN(C(=O)NC2CCCC2)C=Cc2[nH]c3ccccc3c21. The number of nitrogens with one attached hydrogen (secondary N) is 2. The lowest BCUT2D eigenvalue weighted by Crippen LogP contribution is -2.45. The van der Waals surface area contributed by atoms with Gasteiger partial charge in [-0.1, -0.05) is 44.9 Å². The normalized spacial score (nSPS) is 20.2. The van der Waals surface area contributed by atoms with E-state index in [-0.39, 0.29) is 11.4 Å². The van der Waals surface area contributed by atoms with Gasteiger partial charge in [-0.2, -0.15) is 0 Å². The first-order chi connectivity index (χ1) is 11.5. The number of benzene rings is 1. The van der Waals surface area contributed by atoms with E-state index in [2.05, 4.69) is 48.4 Å². The van der Waals surface area contributed by atoms with E-state index in [0.717, 1.165) is 24.1 Å². The minimum Gasteiger partial charge on any atom is -0.355 e. The van der Waals surface area contributed by atoms with Crippen molar-refractivity contribution in [2.75, 3.05) is 6.54 Å². The van der Waals surface area contributed by atoms with Crippen molar-refractivity contribution in [3.05, 3.63) is 41.7 Å².